The molecule has 0 aromatic heterocycles. The summed E-state index contributed by atoms with van der Waals surface area (Å²) in [4.78, 5) is 11.3. The Morgan fingerprint density at radius 1 is 1.17 bits per heavy atom. The van der Waals surface area contributed by atoms with Gasteiger partial charge in [0.2, 0.25) is 10.0 Å². The van der Waals surface area contributed by atoms with E-state index in [0.29, 0.717) is 24.0 Å². The number of sulfonamides is 1. The number of nitrogens with one attached hydrogen (secondary N) is 1. The van der Waals surface area contributed by atoms with Crippen molar-refractivity contribution in [2.75, 3.05) is 0 Å². The number of carboxylic acids is 1. The molecule has 3 rings (SSSR count). The standard InChI is InChI=1S/C16H14ClNO4S/c17-13-6-1-2-7-15(13)23(21,22)18-14-9-8-10-11(14)4-3-5-12(10)16(19)20/h1-7,14,18H,8-9H2,(H,19,20). The van der Waals surface area contributed by atoms with Crippen LogP contribution in [-0.4, -0.2) is 19.5 Å². The number of hydrogen-bond donors (Lipinski definition) is 2. The highest BCUT2D eigenvalue weighted by Crippen LogP contribution is 2.35. The molecule has 0 radical (unpaired) electrons. The van der Waals surface area contributed by atoms with E-state index in [2.05, 4.69) is 4.72 Å². The van der Waals surface area contributed by atoms with Crippen LogP contribution < -0.4 is 4.72 Å². The number of benzene rings is 2. The molecule has 2 aromatic carbocycles. The van der Waals surface area contributed by atoms with Gasteiger partial charge in [0.15, 0.2) is 0 Å². The quantitative estimate of drug-likeness (QED) is 0.886. The lowest BCUT2D eigenvalue weighted by Gasteiger charge is -2.15. The molecule has 1 unspecified atom stereocenters. The van der Waals surface area contributed by atoms with E-state index in [1.54, 1.807) is 24.3 Å². The molecule has 5 nitrogen and oxygen atoms in total. The van der Waals surface area contributed by atoms with Crippen molar-refractivity contribution in [3.05, 3.63) is 64.2 Å². The highest BCUT2D eigenvalue weighted by Gasteiger charge is 2.30. The summed E-state index contributed by atoms with van der Waals surface area (Å²) in [5.74, 6) is -1.00. The Balaban J connectivity index is 1.94. The van der Waals surface area contributed by atoms with Gasteiger partial charge in [-0.05, 0) is 42.2 Å². The van der Waals surface area contributed by atoms with E-state index >= 15 is 0 Å². The van der Waals surface area contributed by atoms with Crippen LogP contribution in [0.1, 0.15) is 33.9 Å². The molecule has 7 heteroatoms. The fourth-order valence-corrected chi connectivity index (χ4v) is 4.66. The van der Waals surface area contributed by atoms with Crippen molar-refractivity contribution in [2.24, 2.45) is 0 Å². The maximum atomic E-state index is 12.5. The fraction of sp³-hybridized carbons (Fsp3) is 0.188. The Bertz CT molecular complexity index is 879. The molecule has 0 saturated carbocycles. The molecule has 0 fully saturated rings. The van der Waals surface area contributed by atoms with Gasteiger partial charge in [-0.25, -0.2) is 17.9 Å². The predicted molar refractivity (Wildman–Crippen MR) is 86.2 cm³/mol. The fourth-order valence-electron chi connectivity index (χ4n) is 2.89. The lowest BCUT2D eigenvalue weighted by molar-refractivity contribution is 0.0695. The van der Waals surface area contributed by atoms with Gasteiger partial charge >= 0.3 is 5.97 Å². The molecule has 120 valence electrons. The van der Waals surface area contributed by atoms with E-state index in [4.69, 9.17) is 11.6 Å². The van der Waals surface area contributed by atoms with Crippen LogP contribution in [0, 0.1) is 0 Å². The number of carbonyl (C=O) groups is 1. The van der Waals surface area contributed by atoms with Gasteiger partial charge in [0.05, 0.1) is 10.6 Å². The highest BCUT2D eigenvalue weighted by molar-refractivity contribution is 7.89. The minimum atomic E-state index is -3.78. The van der Waals surface area contributed by atoms with Crippen molar-refractivity contribution < 1.29 is 18.3 Å². The summed E-state index contributed by atoms with van der Waals surface area (Å²) >= 11 is 5.96. The largest absolute Gasteiger partial charge is 0.478 e. The maximum Gasteiger partial charge on any atom is 0.335 e. The molecule has 2 aromatic rings. The normalized spacial score (nSPS) is 17.0. The van der Waals surface area contributed by atoms with Gasteiger partial charge in [0.1, 0.15) is 4.90 Å². The second kappa shape index (κ2) is 5.96. The molecular weight excluding hydrogens is 338 g/mol. The van der Waals surface area contributed by atoms with Crippen LogP contribution in [0.15, 0.2) is 47.4 Å². The molecule has 2 N–H and O–H groups in total. The zero-order valence-corrected chi connectivity index (χ0v) is 13.6. The van der Waals surface area contributed by atoms with Gasteiger partial charge in [-0.2, -0.15) is 0 Å². The van der Waals surface area contributed by atoms with Crippen molar-refractivity contribution in [1.82, 2.24) is 4.72 Å². The Kier molecular flexibility index (Phi) is 4.14. The van der Waals surface area contributed by atoms with E-state index in [9.17, 15) is 18.3 Å². The summed E-state index contributed by atoms with van der Waals surface area (Å²) in [7, 11) is -3.78. The van der Waals surface area contributed by atoms with Crippen LogP contribution >= 0.6 is 11.6 Å². The second-order valence-electron chi connectivity index (χ2n) is 5.32. The number of carboxylic acid groups (broad SMARTS) is 1. The molecule has 0 aliphatic heterocycles. The summed E-state index contributed by atoms with van der Waals surface area (Å²) < 4.78 is 27.7. The minimum Gasteiger partial charge on any atom is -0.478 e. The smallest absolute Gasteiger partial charge is 0.335 e. The molecule has 1 aliphatic rings. The number of aromatic carboxylic acids is 1. The van der Waals surface area contributed by atoms with Crippen LogP contribution in [0.2, 0.25) is 5.02 Å². The van der Waals surface area contributed by atoms with Gasteiger partial charge in [0, 0.05) is 6.04 Å². The molecule has 1 aliphatic carbocycles. The molecule has 23 heavy (non-hydrogen) atoms. The van der Waals surface area contributed by atoms with Crippen LogP contribution in [0.3, 0.4) is 0 Å². The second-order valence-corrected chi connectivity index (χ2v) is 7.41. The maximum absolute atomic E-state index is 12.5. The molecule has 0 spiro atoms. The van der Waals surface area contributed by atoms with Gasteiger partial charge in [-0.15, -0.1) is 0 Å². The van der Waals surface area contributed by atoms with Gasteiger partial charge in [-0.3, -0.25) is 0 Å². The predicted octanol–water partition coefficient (Wildman–Crippen LogP) is 3.00. The third-order valence-corrected chi connectivity index (χ3v) is 5.90. The summed E-state index contributed by atoms with van der Waals surface area (Å²) in [5.41, 5.74) is 1.62. The first kappa shape index (κ1) is 16.0. The number of hydrogen-bond acceptors (Lipinski definition) is 3. The SMILES string of the molecule is O=C(O)c1cccc2c1CCC2NS(=O)(=O)c1ccccc1Cl. The Morgan fingerprint density at radius 2 is 1.91 bits per heavy atom. The molecule has 0 heterocycles. The van der Waals surface area contributed by atoms with E-state index in [0.717, 1.165) is 0 Å². The first-order valence-electron chi connectivity index (χ1n) is 7.02. The topological polar surface area (TPSA) is 83.5 Å². The average Bonchev–Trinajstić information content (AvgIpc) is 2.90. The molecule has 0 bridgehead atoms. The van der Waals surface area contributed by atoms with E-state index in [-0.39, 0.29) is 15.5 Å². The van der Waals surface area contributed by atoms with Crippen molar-refractivity contribution in [1.29, 1.82) is 0 Å². The number of fused-ring (bicyclic) bond motifs is 1. The third-order valence-electron chi connectivity index (χ3n) is 3.92. The minimum absolute atomic E-state index is 0.0181. The molecular formula is C16H14ClNO4S. The number of halogens is 1. The molecule has 0 saturated heterocycles. The van der Waals surface area contributed by atoms with Crippen LogP contribution in [0.4, 0.5) is 0 Å². The molecule has 0 amide bonds. The lowest BCUT2D eigenvalue weighted by atomic mass is 10.0. The highest BCUT2D eigenvalue weighted by atomic mass is 35.5. The monoisotopic (exact) mass is 351 g/mol. The average molecular weight is 352 g/mol. The summed E-state index contributed by atoms with van der Waals surface area (Å²) in [6, 6.07) is 10.7. The van der Waals surface area contributed by atoms with Gasteiger partial charge in [-0.1, -0.05) is 35.9 Å². The van der Waals surface area contributed by atoms with Crippen LogP contribution in [0.25, 0.3) is 0 Å². The van der Waals surface area contributed by atoms with E-state index in [1.807, 2.05) is 0 Å². The first-order chi connectivity index (χ1) is 10.9. The van der Waals surface area contributed by atoms with Crippen LogP contribution in [0.5, 0.6) is 0 Å². The Labute approximate surface area is 139 Å². The Hall–Kier alpha value is -1.89. The van der Waals surface area contributed by atoms with Gasteiger partial charge in [0.25, 0.3) is 0 Å². The summed E-state index contributed by atoms with van der Waals surface area (Å²) in [5, 5.41) is 9.38. The first-order valence-corrected chi connectivity index (χ1v) is 8.88. The van der Waals surface area contributed by atoms with Crippen LogP contribution in [-0.2, 0) is 16.4 Å². The van der Waals surface area contributed by atoms with Crippen molar-refractivity contribution in [3.63, 3.8) is 0 Å². The summed E-state index contributed by atoms with van der Waals surface area (Å²) in [6.45, 7) is 0. The van der Waals surface area contributed by atoms with Crippen molar-refractivity contribution in [2.45, 2.75) is 23.8 Å². The van der Waals surface area contributed by atoms with E-state index < -0.39 is 22.0 Å². The van der Waals surface area contributed by atoms with Gasteiger partial charge < -0.3 is 5.11 Å². The Morgan fingerprint density at radius 3 is 2.61 bits per heavy atom. The third kappa shape index (κ3) is 2.97. The molecule has 1 atom stereocenters. The lowest BCUT2D eigenvalue weighted by Crippen LogP contribution is -2.27. The number of rotatable bonds is 4. The van der Waals surface area contributed by atoms with Crippen molar-refractivity contribution in [3.8, 4) is 0 Å². The van der Waals surface area contributed by atoms with E-state index in [1.165, 1.54) is 18.2 Å². The zero-order chi connectivity index (χ0) is 16.6. The zero-order valence-electron chi connectivity index (χ0n) is 12.0. The van der Waals surface area contributed by atoms with Crippen molar-refractivity contribution >= 4 is 27.6 Å². The summed E-state index contributed by atoms with van der Waals surface area (Å²) in [6.07, 6.45) is 1.04.